The normalized spacial score (nSPS) is 21.7. The molecule has 0 radical (unpaired) electrons. The highest BCUT2D eigenvalue weighted by Crippen LogP contribution is 2.36. The summed E-state index contributed by atoms with van der Waals surface area (Å²) in [6, 6.07) is 0.501. The minimum Gasteiger partial charge on any atom is -0.383 e. The molecule has 1 aliphatic carbocycles. The average molecular weight is 276 g/mol. The van der Waals surface area contributed by atoms with Gasteiger partial charge in [-0.2, -0.15) is 0 Å². The third kappa shape index (κ3) is 3.62. The van der Waals surface area contributed by atoms with Gasteiger partial charge in [-0.25, -0.2) is 9.97 Å². The van der Waals surface area contributed by atoms with Crippen LogP contribution in [0, 0.1) is 12.3 Å². The molecule has 1 saturated carbocycles. The van der Waals surface area contributed by atoms with E-state index in [1.165, 1.54) is 25.7 Å². The van der Waals surface area contributed by atoms with Gasteiger partial charge < -0.3 is 11.1 Å². The van der Waals surface area contributed by atoms with Crippen molar-refractivity contribution in [2.45, 2.75) is 72.3 Å². The summed E-state index contributed by atoms with van der Waals surface area (Å²) in [4.78, 5) is 9.03. The Balaban J connectivity index is 2.15. The Bertz CT molecular complexity index is 468. The SMILES string of the molecule is CCCc1nc(N)c(C)c(NC2CCCC(C)(C)C2)n1. The molecule has 3 N–H and O–H groups in total. The van der Waals surface area contributed by atoms with E-state index in [1.807, 2.05) is 6.92 Å². The third-order valence-corrected chi connectivity index (χ3v) is 4.25. The molecular weight excluding hydrogens is 248 g/mol. The maximum atomic E-state index is 6.02. The van der Waals surface area contributed by atoms with Crippen LogP contribution in [0.3, 0.4) is 0 Å². The summed E-state index contributed by atoms with van der Waals surface area (Å²) in [7, 11) is 0. The summed E-state index contributed by atoms with van der Waals surface area (Å²) in [5.41, 5.74) is 7.42. The number of nitrogens with two attached hydrogens (primary N) is 1. The summed E-state index contributed by atoms with van der Waals surface area (Å²) in [6.45, 7) is 8.84. The highest BCUT2D eigenvalue weighted by atomic mass is 15.1. The first-order chi connectivity index (χ1) is 9.41. The molecule has 0 saturated heterocycles. The molecule has 4 nitrogen and oxygen atoms in total. The van der Waals surface area contributed by atoms with Crippen molar-refractivity contribution < 1.29 is 0 Å². The van der Waals surface area contributed by atoms with E-state index >= 15 is 0 Å². The standard InChI is InChI=1S/C16H28N4/c1-5-7-13-19-14(17)11(2)15(20-13)18-12-8-6-9-16(3,4)10-12/h12H,5-10H2,1-4H3,(H3,17,18,19,20). The third-order valence-electron chi connectivity index (χ3n) is 4.25. The number of nitrogen functional groups attached to an aromatic ring is 1. The van der Waals surface area contributed by atoms with Crippen LogP contribution in [-0.2, 0) is 6.42 Å². The van der Waals surface area contributed by atoms with Crippen molar-refractivity contribution in [1.29, 1.82) is 0 Å². The second kappa shape index (κ2) is 5.98. The van der Waals surface area contributed by atoms with Gasteiger partial charge in [-0.05, 0) is 38.0 Å². The van der Waals surface area contributed by atoms with Gasteiger partial charge >= 0.3 is 0 Å². The van der Waals surface area contributed by atoms with Gasteiger partial charge in [0.15, 0.2) is 0 Å². The summed E-state index contributed by atoms with van der Waals surface area (Å²) in [5.74, 6) is 2.40. The lowest BCUT2D eigenvalue weighted by Crippen LogP contribution is -2.32. The Morgan fingerprint density at radius 1 is 1.35 bits per heavy atom. The molecular formula is C16H28N4. The quantitative estimate of drug-likeness (QED) is 0.880. The molecule has 1 atom stereocenters. The number of hydrogen-bond acceptors (Lipinski definition) is 4. The highest BCUT2D eigenvalue weighted by molar-refractivity contribution is 5.55. The molecule has 20 heavy (non-hydrogen) atoms. The summed E-state index contributed by atoms with van der Waals surface area (Å²) in [5, 5.41) is 3.61. The van der Waals surface area contributed by atoms with Crippen LogP contribution in [0.15, 0.2) is 0 Å². The lowest BCUT2D eigenvalue weighted by molar-refractivity contribution is 0.229. The number of nitrogens with zero attached hydrogens (tertiary/aromatic N) is 2. The predicted octanol–water partition coefficient (Wildman–Crippen LogP) is 3.70. The molecule has 0 aliphatic heterocycles. The van der Waals surface area contributed by atoms with Gasteiger partial charge in [0, 0.05) is 18.0 Å². The van der Waals surface area contributed by atoms with Crippen molar-refractivity contribution in [3.05, 3.63) is 11.4 Å². The Hall–Kier alpha value is -1.32. The Morgan fingerprint density at radius 2 is 2.10 bits per heavy atom. The zero-order valence-corrected chi connectivity index (χ0v) is 13.3. The van der Waals surface area contributed by atoms with E-state index in [-0.39, 0.29) is 0 Å². The topological polar surface area (TPSA) is 63.8 Å². The zero-order valence-electron chi connectivity index (χ0n) is 13.3. The van der Waals surface area contributed by atoms with Crippen LogP contribution >= 0.6 is 0 Å². The molecule has 0 spiro atoms. The average Bonchev–Trinajstić information content (AvgIpc) is 2.34. The molecule has 1 fully saturated rings. The van der Waals surface area contributed by atoms with Gasteiger partial charge in [-0.3, -0.25) is 0 Å². The van der Waals surface area contributed by atoms with Crippen molar-refractivity contribution in [2.24, 2.45) is 5.41 Å². The number of aromatic nitrogens is 2. The minimum atomic E-state index is 0.425. The number of aryl methyl sites for hydroxylation is 1. The van der Waals surface area contributed by atoms with Gasteiger partial charge in [0.2, 0.25) is 0 Å². The molecule has 0 aromatic carbocycles. The minimum absolute atomic E-state index is 0.425. The molecule has 112 valence electrons. The van der Waals surface area contributed by atoms with Crippen molar-refractivity contribution in [3.63, 3.8) is 0 Å². The first-order valence-electron chi connectivity index (χ1n) is 7.81. The van der Waals surface area contributed by atoms with E-state index < -0.39 is 0 Å². The number of hydrogen-bond donors (Lipinski definition) is 2. The van der Waals surface area contributed by atoms with E-state index in [9.17, 15) is 0 Å². The van der Waals surface area contributed by atoms with Crippen molar-refractivity contribution in [3.8, 4) is 0 Å². The van der Waals surface area contributed by atoms with Gasteiger partial charge in [-0.15, -0.1) is 0 Å². The monoisotopic (exact) mass is 276 g/mol. The second-order valence-electron chi connectivity index (χ2n) is 6.85. The van der Waals surface area contributed by atoms with E-state index in [0.717, 1.165) is 30.0 Å². The number of nitrogens with one attached hydrogen (secondary N) is 1. The number of anilines is 2. The van der Waals surface area contributed by atoms with Crippen LogP contribution in [-0.4, -0.2) is 16.0 Å². The largest absolute Gasteiger partial charge is 0.383 e. The fraction of sp³-hybridized carbons (Fsp3) is 0.750. The molecule has 1 aromatic heterocycles. The van der Waals surface area contributed by atoms with Crippen LogP contribution in [0.4, 0.5) is 11.6 Å². The summed E-state index contributed by atoms with van der Waals surface area (Å²) >= 11 is 0. The van der Waals surface area contributed by atoms with Crippen LogP contribution in [0.1, 0.15) is 64.3 Å². The Morgan fingerprint density at radius 3 is 2.75 bits per heavy atom. The van der Waals surface area contributed by atoms with E-state index in [1.54, 1.807) is 0 Å². The molecule has 1 aromatic rings. The zero-order chi connectivity index (χ0) is 14.8. The summed E-state index contributed by atoms with van der Waals surface area (Å²) in [6.07, 6.45) is 6.94. The maximum absolute atomic E-state index is 6.02. The van der Waals surface area contributed by atoms with E-state index in [2.05, 4.69) is 36.1 Å². The van der Waals surface area contributed by atoms with Crippen molar-refractivity contribution in [2.75, 3.05) is 11.1 Å². The lowest BCUT2D eigenvalue weighted by atomic mass is 9.75. The lowest BCUT2D eigenvalue weighted by Gasteiger charge is -2.36. The summed E-state index contributed by atoms with van der Waals surface area (Å²) < 4.78 is 0. The molecule has 1 unspecified atom stereocenters. The fourth-order valence-corrected chi connectivity index (χ4v) is 3.07. The van der Waals surface area contributed by atoms with Crippen molar-refractivity contribution >= 4 is 11.6 Å². The second-order valence-corrected chi connectivity index (χ2v) is 6.85. The molecule has 4 heteroatoms. The highest BCUT2D eigenvalue weighted by Gasteiger charge is 2.28. The number of rotatable bonds is 4. The first-order valence-corrected chi connectivity index (χ1v) is 7.81. The van der Waals surface area contributed by atoms with E-state index in [0.29, 0.717) is 17.3 Å². The van der Waals surface area contributed by atoms with Crippen LogP contribution < -0.4 is 11.1 Å². The fourth-order valence-electron chi connectivity index (χ4n) is 3.07. The van der Waals surface area contributed by atoms with Gasteiger partial charge in [-0.1, -0.05) is 27.2 Å². The molecule has 1 heterocycles. The molecule has 2 rings (SSSR count). The molecule has 1 aliphatic rings. The van der Waals surface area contributed by atoms with Gasteiger partial charge in [0.05, 0.1) is 0 Å². The van der Waals surface area contributed by atoms with Crippen LogP contribution in [0.5, 0.6) is 0 Å². The predicted molar refractivity (Wildman–Crippen MR) is 84.8 cm³/mol. The van der Waals surface area contributed by atoms with Crippen LogP contribution in [0.2, 0.25) is 0 Å². The first kappa shape index (κ1) is 15.1. The van der Waals surface area contributed by atoms with Crippen LogP contribution in [0.25, 0.3) is 0 Å². The maximum Gasteiger partial charge on any atom is 0.134 e. The van der Waals surface area contributed by atoms with Gasteiger partial charge in [0.1, 0.15) is 17.5 Å². The van der Waals surface area contributed by atoms with Gasteiger partial charge in [0.25, 0.3) is 0 Å². The molecule has 0 bridgehead atoms. The van der Waals surface area contributed by atoms with E-state index in [4.69, 9.17) is 5.73 Å². The Kier molecular flexibility index (Phi) is 4.51. The van der Waals surface area contributed by atoms with Crippen molar-refractivity contribution in [1.82, 2.24) is 9.97 Å². The Labute approximate surface area is 122 Å². The smallest absolute Gasteiger partial charge is 0.134 e. The molecule has 0 amide bonds.